The van der Waals surface area contributed by atoms with Crippen LogP contribution in [0.15, 0.2) is 5.11 Å². The summed E-state index contributed by atoms with van der Waals surface area (Å²) < 4.78 is 31.0. The summed E-state index contributed by atoms with van der Waals surface area (Å²) in [6, 6.07) is -0.279. The molecule has 1 aliphatic rings. The second-order valence-electron chi connectivity index (χ2n) is 3.59. The fourth-order valence-corrected chi connectivity index (χ4v) is 1.80. The van der Waals surface area contributed by atoms with Crippen LogP contribution in [0.25, 0.3) is 10.4 Å². The maximum Gasteiger partial charge on any atom is 0.262 e. The number of halogens is 2. The molecule has 0 radical (unpaired) electrons. The smallest absolute Gasteiger partial charge is 0.262 e. The number of hydrogen-bond acceptors (Lipinski definition) is 3. The van der Waals surface area contributed by atoms with Crippen molar-refractivity contribution in [2.24, 2.45) is 5.11 Å². The maximum atomic E-state index is 13.1. The molecule has 5 nitrogen and oxygen atoms in total. The minimum absolute atomic E-state index is 0.183. The highest BCUT2D eigenvalue weighted by Gasteiger charge is 2.44. The van der Waals surface area contributed by atoms with Crippen LogP contribution in [0, 0.1) is 0 Å². The molecule has 1 fully saturated rings. The Labute approximate surface area is 86.6 Å². The van der Waals surface area contributed by atoms with Gasteiger partial charge in [0.1, 0.15) is 0 Å². The van der Waals surface area contributed by atoms with Gasteiger partial charge in [0.2, 0.25) is 0 Å². The lowest BCUT2D eigenvalue weighted by atomic mass is 10.2. The third kappa shape index (κ3) is 3.62. The molecule has 0 spiro atoms. The van der Waals surface area contributed by atoms with E-state index in [1.165, 1.54) is 7.11 Å². The standard InChI is InChI=1S/C8H14F2N4O/c1-15-5-7-4-8(9,10)6-14(7)3-2-12-13-11/h7H,2-6H2,1H3. The van der Waals surface area contributed by atoms with Gasteiger partial charge in [-0.1, -0.05) is 5.11 Å². The SMILES string of the molecule is COCC1CC(F)(F)CN1CCN=[N+]=[N-]. The first-order valence-electron chi connectivity index (χ1n) is 4.71. The van der Waals surface area contributed by atoms with Crippen LogP contribution in [-0.4, -0.2) is 50.2 Å². The van der Waals surface area contributed by atoms with Crippen LogP contribution in [0.4, 0.5) is 8.78 Å². The van der Waals surface area contributed by atoms with Crippen LogP contribution in [-0.2, 0) is 4.74 Å². The van der Waals surface area contributed by atoms with E-state index in [1.807, 2.05) is 0 Å². The molecule has 1 heterocycles. The van der Waals surface area contributed by atoms with Crippen molar-refractivity contribution in [3.05, 3.63) is 10.4 Å². The molecule has 0 aromatic rings. The number of rotatable bonds is 5. The minimum Gasteiger partial charge on any atom is -0.383 e. The topological polar surface area (TPSA) is 61.2 Å². The Balaban J connectivity index is 2.48. The van der Waals surface area contributed by atoms with Crippen molar-refractivity contribution in [2.75, 3.05) is 33.4 Å². The number of hydrogen-bond donors (Lipinski definition) is 0. The van der Waals surface area contributed by atoms with E-state index in [0.717, 1.165) is 0 Å². The van der Waals surface area contributed by atoms with Crippen molar-refractivity contribution < 1.29 is 13.5 Å². The molecule has 7 heteroatoms. The van der Waals surface area contributed by atoms with Crippen LogP contribution in [0.5, 0.6) is 0 Å². The largest absolute Gasteiger partial charge is 0.383 e. The van der Waals surface area contributed by atoms with Crippen molar-refractivity contribution >= 4 is 0 Å². The third-order valence-corrected chi connectivity index (χ3v) is 2.39. The number of alkyl halides is 2. The van der Waals surface area contributed by atoms with Gasteiger partial charge in [0, 0.05) is 37.6 Å². The van der Waals surface area contributed by atoms with E-state index in [2.05, 4.69) is 10.0 Å². The molecule has 86 valence electrons. The normalized spacial score (nSPS) is 25.1. The van der Waals surface area contributed by atoms with Crippen molar-refractivity contribution in [2.45, 2.75) is 18.4 Å². The second-order valence-corrected chi connectivity index (χ2v) is 3.59. The highest BCUT2D eigenvalue weighted by molar-refractivity contribution is 4.90. The highest BCUT2D eigenvalue weighted by atomic mass is 19.3. The van der Waals surface area contributed by atoms with E-state index >= 15 is 0 Å². The molecule has 0 amide bonds. The minimum atomic E-state index is -2.65. The van der Waals surface area contributed by atoms with Gasteiger partial charge in [-0.15, -0.1) is 0 Å². The quantitative estimate of drug-likeness (QED) is 0.402. The monoisotopic (exact) mass is 220 g/mol. The number of likely N-dealkylation sites (tertiary alicyclic amines) is 1. The van der Waals surface area contributed by atoms with Crippen LogP contribution >= 0.6 is 0 Å². The van der Waals surface area contributed by atoms with Crippen molar-refractivity contribution in [3.8, 4) is 0 Å². The lowest BCUT2D eigenvalue weighted by Gasteiger charge is -2.21. The summed E-state index contributed by atoms with van der Waals surface area (Å²) in [6.07, 6.45) is -0.183. The van der Waals surface area contributed by atoms with E-state index in [0.29, 0.717) is 6.54 Å². The molecule has 1 saturated heterocycles. The molecule has 1 rings (SSSR count). The van der Waals surface area contributed by atoms with Crippen LogP contribution in [0.1, 0.15) is 6.42 Å². The van der Waals surface area contributed by atoms with Crippen LogP contribution in [0.3, 0.4) is 0 Å². The number of ether oxygens (including phenoxy) is 1. The molecule has 1 aliphatic heterocycles. The summed E-state index contributed by atoms with van der Waals surface area (Å²) in [5.74, 6) is -2.65. The summed E-state index contributed by atoms with van der Waals surface area (Å²) in [4.78, 5) is 4.19. The molecule has 0 aromatic carbocycles. The molecular formula is C8H14F2N4O. The first-order valence-corrected chi connectivity index (χ1v) is 4.71. The summed E-state index contributed by atoms with van der Waals surface area (Å²) in [5, 5.41) is 3.33. The maximum absolute atomic E-state index is 13.1. The fraction of sp³-hybridized carbons (Fsp3) is 1.00. The van der Waals surface area contributed by atoms with Crippen molar-refractivity contribution in [3.63, 3.8) is 0 Å². The van der Waals surface area contributed by atoms with Crippen molar-refractivity contribution in [1.29, 1.82) is 0 Å². The zero-order chi connectivity index (χ0) is 11.3. The average molecular weight is 220 g/mol. The van der Waals surface area contributed by atoms with E-state index in [-0.39, 0.29) is 32.2 Å². The van der Waals surface area contributed by atoms with Crippen LogP contribution < -0.4 is 0 Å². The average Bonchev–Trinajstić information content (AvgIpc) is 2.42. The van der Waals surface area contributed by atoms with Gasteiger partial charge >= 0.3 is 0 Å². The predicted molar refractivity (Wildman–Crippen MR) is 50.8 cm³/mol. The molecule has 0 aliphatic carbocycles. The molecule has 1 atom stereocenters. The summed E-state index contributed by atoms with van der Waals surface area (Å²) >= 11 is 0. The zero-order valence-electron chi connectivity index (χ0n) is 8.57. The Morgan fingerprint density at radius 1 is 1.67 bits per heavy atom. The molecule has 15 heavy (non-hydrogen) atoms. The van der Waals surface area contributed by atoms with Gasteiger partial charge in [-0.25, -0.2) is 8.78 Å². The fourth-order valence-electron chi connectivity index (χ4n) is 1.80. The van der Waals surface area contributed by atoms with Crippen molar-refractivity contribution in [1.82, 2.24) is 4.90 Å². The van der Waals surface area contributed by atoms with Crippen LogP contribution in [0.2, 0.25) is 0 Å². The molecular weight excluding hydrogens is 206 g/mol. The first kappa shape index (κ1) is 12.2. The third-order valence-electron chi connectivity index (χ3n) is 2.39. The second kappa shape index (κ2) is 5.25. The zero-order valence-corrected chi connectivity index (χ0v) is 8.57. The number of azide groups is 1. The Hall–Kier alpha value is -0.910. The van der Waals surface area contributed by atoms with Gasteiger partial charge in [-0.05, 0) is 5.53 Å². The Morgan fingerprint density at radius 2 is 2.40 bits per heavy atom. The molecule has 0 bridgehead atoms. The first-order chi connectivity index (χ1) is 7.09. The van der Waals surface area contributed by atoms with Gasteiger partial charge in [-0.2, -0.15) is 0 Å². The Kier molecular flexibility index (Phi) is 4.26. The van der Waals surface area contributed by atoms with Gasteiger partial charge < -0.3 is 4.74 Å². The molecule has 0 N–H and O–H groups in total. The lowest BCUT2D eigenvalue weighted by Crippen LogP contribution is -2.35. The predicted octanol–water partition coefficient (Wildman–Crippen LogP) is 1.65. The van der Waals surface area contributed by atoms with E-state index in [4.69, 9.17) is 10.3 Å². The number of nitrogens with zero attached hydrogens (tertiary/aromatic N) is 4. The molecule has 0 aromatic heterocycles. The van der Waals surface area contributed by atoms with Gasteiger partial charge in [0.05, 0.1) is 13.2 Å². The number of methoxy groups -OCH3 is 1. The highest BCUT2D eigenvalue weighted by Crippen LogP contribution is 2.31. The summed E-state index contributed by atoms with van der Waals surface area (Å²) in [7, 11) is 1.49. The van der Waals surface area contributed by atoms with Gasteiger partial charge in [0.15, 0.2) is 0 Å². The van der Waals surface area contributed by atoms with Gasteiger partial charge in [-0.3, -0.25) is 4.90 Å². The van der Waals surface area contributed by atoms with Gasteiger partial charge in [0.25, 0.3) is 5.92 Å². The van der Waals surface area contributed by atoms with E-state index in [9.17, 15) is 8.78 Å². The molecule has 0 saturated carbocycles. The molecule has 1 unspecified atom stereocenters. The Bertz CT molecular complexity index is 255. The van der Waals surface area contributed by atoms with E-state index < -0.39 is 5.92 Å². The summed E-state index contributed by atoms with van der Waals surface area (Å²) in [5.41, 5.74) is 8.08. The summed E-state index contributed by atoms with van der Waals surface area (Å²) in [6.45, 7) is 0.578. The van der Waals surface area contributed by atoms with E-state index in [1.54, 1.807) is 4.90 Å². The lowest BCUT2D eigenvalue weighted by molar-refractivity contribution is 0.0119. The Morgan fingerprint density at radius 3 is 3.00 bits per heavy atom.